The van der Waals surface area contributed by atoms with Crippen molar-refractivity contribution < 1.29 is 23.4 Å². The van der Waals surface area contributed by atoms with Gasteiger partial charge in [0, 0.05) is 11.6 Å². The molecule has 0 aliphatic carbocycles. The summed E-state index contributed by atoms with van der Waals surface area (Å²) in [5, 5.41) is 9.23. The van der Waals surface area contributed by atoms with E-state index in [0.717, 1.165) is 0 Å². The Kier molecular flexibility index (Phi) is 3.60. The van der Waals surface area contributed by atoms with Gasteiger partial charge in [0.2, 0.25) is 5.88 Å². The molecule has 1 aromatic rings. The van der Waals surface area contributed by atoms with Crippen LogP contribution >= 0.6 is 0 Å². The molecule has 0 radical (unpaired) electrons. The summed E-state index contributed by atoms with van der Waals surface area (Å²) in [5.74, 6) is -2.02. The number of nitrogens with one attached hydrogen (secondary N) is 1. The van der Waals surface area contributed by atoms with Gasteiger partial charge in [0.05, 0.1) is 6.61 Å². The largest absolute Gasteiger partial charge is 0.494 e. The van der Waals surface area contributed by atoms with Gasteiger partial charge in [-0.2, -0.15) is 0 Å². The third-order valence-electron chi connectivity index (χ3n) is 1.77. The first kappa shape index (κ1) is 12.2. The van der Waals surface area contributed by atoms with Gasteiger partial charge >= 0.3 is 5.97 Å². The molecule has 0 atom stereocenters. The SMILES string of the molecule is CCOC(=O)c1c(C(F)F)cc(=O)[nH]c1O. The first-order valence-corrected chi connectivity index (χ1v) is 4.38. The quantitative estimate of drug-likeness (QED) is 0.768. The van der Waals surface area contributed by atoms with Gasteiger partial charge in [-0.25, -0.2) is 13.6 Å². The fourth-order valence-electron chi connectivity index (χ4n) is 1.16. The molecule has 0 amide bonds. The fraction of sp³-hybridized carbons (Fsp3) is 0.333. The number of hydrogen-bond donors (Lipinski definition) is 2. The Labute approximate surface area is 88.7 Å². The topological polar surface area (TPSA) is 79.4 Å². The van der Waals surface area contributed by atoms with Crippen LogP contribution in [0.25, 0.3) is 0 Å². The third kappa shape index (κ3) is 2.36. The van der Waals surface area contributed by atoms with Gasteiger partial charge in [0.25, 0.3) is 12.0 Å². The van der Waals surface area contributed by atoms with E-state index in [1.165, 1.54) is 6.92 Å². The van der Waals surface area contributed by atoms with Gasteiger partial charge in [-0.15, -0.1) is 0 Å². The van der Waals surface area contributed by atoms with Crippen LogP contribution in [0.2, 0.25) is 0 Å². The number of esters is 1. The van der Waals surface area contributed by atoms with Crippen molar-refractivity contribution in [1.82, 2.24) is 4.98 Å². The first-order valence-electron chi connectivity index (χ1n) is 4.38. The molecular weight excluding hydrogens is 224 g/mol. The molecule has 16 heavy (non-hydrogen) atoms. The van der Waals surface area contributed by atoms with Crippen LogP contribution in [0.3, 0.4) is 0 Å². The molecule has 5 nitrogen and oxygen atoms in total. The normalized spacial score (nSPS) is 10.5. The molecule has 88 valence electrons. The molecule has 0 aliphatic heterocycles. The van der Waals surface area contributed by atoms with Crippen LogP contribution in [0, 0.1) is 0 Å². The predicted molar refractivity (Wildman–Crippen MR) is 49.6 cm³/mol. The number of H-pyrrole nitrogens is 1. The van der Waals surface area contributed by atoms with E-state index >= 15 is 0 Å². The molecule has 0 aromatic carbocycles. The molecule has 0 saturated heterocycles. The third-order valence-corrected chi connectivity index (χ3v) is 1.77. The van der Waals surface area contributed by atoms with Gasteiger partial charge in [-0.1, -0.05) is 0 Å². The maximum Gasteiger partial charge on any atom is 0.344 e. The molecule has 2 N–H and O–H groups in total. The number of rotatable bonds is 3. The van der Waals surface area contributed by atoms with E-state index in [2.05, 4.69) is 4.74 Å². The lowest BCUT2D eigenvalue weighted by Gasteiger charge is -2.08. The summed E-state index contributed by atoms with van der Waals surface area (Å²) in [7, 11) is 0. The number of alkyl halides is 2. The Balaban J connectivity index is 3.35. The Hall–Kier alpha value is -1.92. The predicted octanol–water partition coefficient (Wildman–Crippen LogP) is 1.19. The average molecular weight is 233 g/mol. The summed E-state index contributed by atoms with van der Waals surface area (Å²) in [6.07, 6.45) is -3.05. The van der Waals surface area contributed by atoms with Crippen LogP contribution in [-0.4, -0.2) is 22.7 Å². The smallest absolute Gasteiger partial charge is 0.344 e. The zero-order valence-corrected chi connectivity index (χ0v) is 8.29. The minimum atomic E-state index is -3.05. The van der Waals surface area contributed by atoms with Crippen molar-refractivity contribution in [3.8, 4) is 5.88 Å². The van der Waals surface area contributed by atoms with E-state index in [1.54, 1.807) is 0 Å². The van der Waals surface area contributed by atoms with Crippen LogP contribution in [0.15, 0.2) is 10.9 Å². The number of carbonyl (C=O) groups is 1. The van der Waals surface area contributed by atoms with E-state index in [1.807, 2.05) is 4.98 Å². The summed E-state index contributed by atoms with van der Waals surface area (Å²) < 4.78 is 29.5. The number of halogens is 2. The second kappa shape index (κ2) is 4.73. The van der Waals surface area contributed by atoms with Crippen LogP contribution < -0.4 is 5.56 Å². The number of hydrogen-bond acceptors (Lipinski definition) is 4. The number of carbonyl (C=O) groups excluding carboxylic acids is 1. The molecule has 0 spiro atoms. The van der Waals surface area contributed by atoms with E-state index in [0.29, 0.717) is 6.07 Å². The van der Waals surface area contributed by atoms with Crippen molar-refractivity contribution >= 4 is 5.97 Å². The molecule has 0 fully saturated rings. The summed E-state index contributed by atoms with van der Waals surface area (Å²) in [5.41, 5.74) is -2.48. The van der Waals surface area contributed by atoms with E-state index in [9.17, 15) is 23.5 Å². The lowest BCUT2D eigenvalue weighted by atomic mass is 10.1. The van der Waals surface area contributed by atoms with Crippen molar-refractivity contribution in [3.05, 3.63) is 27.5 Å². The average Bonchev–Trinajstić information content (AvgIpc) is 2.16. The highest BCUT2D eigenvalue weighted by atomic mass is 19.3. The number of aromatic nitrogens is 1. The highest BCUT2D eigenvalue weighted by Crippen LogP contribution is 2.26. The summed E-state index contributed by atoms with van der Waals surface area (Å²) in [6, 6.07) is 0.552. The second-order valence-electron chi connectivity index (χ2n) is 2.83. The molecule has 0 unspecified atom stereocenters. The molecule has 0 aliphatic rings. The van der Waals surface area contributed by atoms with E-state index in [-0.39, 0.29) is 6.61 Å². The Morgan fingerprint density at radius 2 is 2.25 bits per heavy atom. The number of aromatic amines is 1. The fourth-order valence-corrected chi connectivity index (χ4v) is 1.16. The summed E-state index contributed by atoms with van der Waals surface area (Å²) in [6.45, 7) is 1.46. The maximum atomic E-state index is 12.5. The Morgan fingerprint density at radius 3 is 2.75 bits per heavy atom. The molecule has 7 heteroatoms. The standard InChI is InChI=1S/C9H9F2NO4/c1-2-16-9(15)6-4(7(10)11)3-5(13)12-8(6)14/h3,7H,2H2,1H3,(H2,12,13,14). The Bertz CT molecular complexity index is 455. The lowest BCUT2D eigenvalue weighted by Crippen LogP contribution is -2.15. The molecule has 0 bridgehead atoms. The minimum Gasteiger partial charge on any atom is -0.494 e. The Morgan fingerprint density at radius 1 is 1.62 bits per heavy atom. The number of ether oxygens (including phenoxy) is 1. The molecule has 1 aromatic heterocycles. The highest BCUT2D eigenvalue weighted by Gasteiger charge is 2.24. The van der Waals surface area contributed by atoms with Crippen molar-refractivity contribution in [2.75, 3.05) is 6.61 Å². The van der Waals surface area contributed by atoms with Gasteiger partial charge < -0.3 is 9.84 Å². The number of aromatic hydroxyl groups is 1. The van der Waals surface area contributed by atoms with Crippen molar-refractivity contribution in [2.24, 2.45) is 0 Å². The highest BCUT2D eigenvalue weighted by molar-refractivity contribution is 5.93. The van der Waals surface area contributed by atoms with Gasteiger partial charge in [-0.05, 0) is 6.92 Å². The van der Waals surface area contributed by atoms with Gasteiger partial charge in [0.1, 0.15) is 5.56 Å². The second-order valence-corrected chi connectivity index (χ2v) is 2.83. The van der Waals surface area contributed by atoms with Crippen molar-refractivity contribution in [3.63, 3.8) is 0 Å². The first-order chi connectivity index (χ1) is 7.47. The minimum absolute atomic E-state index is 0.0277. The molecule has 0 saturated carbocycles. The van der Waals surface area contributed by atoms with Gasteiger partial charge in [-0.3, -0.25) is 9.78 Å². The monoisotopic (exact) mass is 233 g/mol. The van der Waals surface area contributed by atoms with E-state index in [4.69, 9.17) is 0 Å². The zero-order valence-electron chi connectivity index (χ0n) is 8.29. The van der Waals surface area contributed by atoms with Crippen molar-refractivity contribution in [1.29, 1.82) is 0 Å². The van der Waals surface area contributed by atoms with Gasteiger partial charge in [0.15, 0.2) is 0 Å². The number of pyridine rings is 1. The van der Waals surface area contributed by atoms with Crippen LogP contribution in [-0.2, 0) is 4.74 Å². The van der Waals surface area contributed by atoms with Crippen LogP contribution in [0.1, 0.15) is 29.3 Å². The molecule has 1 rings (SSSR count). The summed E-state index contributed by atoms with van der Waals surface area (Å²) in [4.78, 5) is 24.0. The maximum absolute atomic E-state index is 12.5. The van der Waals surface area contributed by atoms with Crippen LogP contribution in [0.5, 0.6) is 5.88 Å². The lowest BCUT2D eigenvalue weighted by molar-refractivity contribution is 0.0510. The zero-order chi connectivity index (χ0) is 12.3. The summed E-state index contributed by atoms with van der Waals surface area (Å²) >= 11 is 0. The van der Waals surface area contributed by atoms with Crippen molar-refractivity contribution in [2.45, 2.75) is 13.3 Å². The molecular formula is C9H9F2NO4. The molecule has 1 heterocycles. The van der Waals surface area contributed by atoms with Crippen LogP contribution in [0.4, 0.5) is 8.78 Å². The van der Waals surface area contributed by atoms with E-state index < -0.39 is 35.0 Å².